The van der Waals surface area contributed by atoms with E-state index in [4.69, 9.17) is 11.5 Å². The Balaban J connectivity index is 2.93. The first kappa shape index (κ1) is 10.7. The molecule has 0 fully saturated rings. The summed E-state index contributed by atoms with van der Waals surface area (Å²) in [6.45, 7) is 3.98. The van der Waals surface area contributed by atoms with Crippen molar-refractivity contribution in [1.82, 2.24) is 0 Å². The summed E-state index contributed by atoms with van der Waals surface area (Å²) in [5.74, 6) is -0.363. The van der Waals surface area contributed by atoms with Gasteiger partial charge in [-0.15, -0.1) is 0 Å². The van der Waals surface area contributed by atoms with E-state index in [1.807, 2.05) is 32.0 Å². The van der Waals surface area contributed by atoms with Gasteiger partial charge in [0.15, 0.2) is 0 Å². The molecule has 14 heavy (non-hydrogen) atoms. The van der Waals surface area contributed by atoms with Crippen LogP contribution in [-0.4, -0.2) is 5.91 Å². The average molecular weight is 192 g/mol. The van der Waals surface area contributed by atoms with Crippen LogP contribution in [0.2, 0.25) is 0 Å². The Morgan fingerprint density at radius 1 is 1.43 bits per heavy atom. The predicted molar refractivity (Wildman–Crippen MR) is 56.7 cm³/mol. The van der Waals surface area contributed by atoms with Crippen molar-refractivity contribution in [1.29, 1.82) is 0 Å². The fraction of sp³-hybridized carbons (Fsp3) is 0.364. The fourth-order valence-corrected chi connectivity index (χ4v) is 1.49. The number of aryl methyl sites for hydroxylation is 2. The molecule has 0 saturated carbocycles. The molecule has 0 aliphatic carbocycles. The van der Waals surface area contributed by atoms with E-state index in [1.54, 1.807) is 0 Å². The summed E-state index contributed by atoms with van der Waals surface area (Å²) in [7, 11) is 0. The van der Waals surface area contributed by atoms with Crippen LogP contribution in [0.5, 0.6) is 0 Å². The number of primary amides is 1. The van der Waals surface area contributed by atoms with Crippen molar-refractivity contribution < 1.29 is 4.79 Å². The SMILES string of the molecule is Cc1ccc(C)c([C@@H](N)CC(N)=O)c1. The highest BCUT2D eigenvalue weighted by molar-refractivity contribution is 5.74. The number of hydrogen-bond acceptors (Lipinski definition) is 2. The Hall–Kier alpha value is -1.35. The first-order valence-electron chi connectivity index (χ1n) is 4.61. The summed E-state index contributed by atoms with van der Waals surface area (Å²) in [6.07, 6.45) is 0.199. The van der Waals surface area contributed by atoms with Gasteiger partial charge >= 0.3 is 0 Å². The molecule has 1 aromatic carbocycles. The molecule has 0 unspecified atom stereocenters. The van der Waals surface area contributed by atoms with Gasteiger partial charge < -0.3 is 11.5 Å². The predicted octanol–water partition coefficient (Wildman–Crippen LogP) is 1.18. The molecule has 3 nitrogen and oxygen atoms in total. The van der Waals surface area contributed by atoms with Crippen LogP contribution < -0.4 is 11.5 Å². The molecular weight excluding hydrogens is 176 g/mol. The number of nitrogens with two attached hydrogens (primary N) is 2. The Morgan fingerprint density at radius 3 is 2.64 bits per heavy atom. The summed E-state index contributed by atoms with van der Waals surface area (Å²) < 4.78 is 0. The number of carbonyl (C=O) groups is 1. The molecule has 76 valence electrons. The zero-order valence-electron chi connectivity index (χ0n) is 8.58. The fourth-order valence-electron chi connectivity index (χ4n) is 1.49. The molecule has 0 spiro atoms. The summed E-state index contributed by atoms with van der Waals surface area (Å²) in [5, 5.41) is 0. The Labute approximate surface area is 84.1 Å². The van der Waals surface area contributed by atoms with Crippen LogP contribution in [0.3, 0.4) is 0 Å². The number of carbonyl (C=O) groups excluding carboxylic acids is 1. The normalized spacial score (nSPS) is 12.5. The molecule has 0 aliphatic rings. The van der Waals surface area contributed by atoms with Gasteiger partial charge in [-0.3, -0.25) is 4.79 Å². The lowest BCUT2D eigenvalue weighted by Gasteiger charge is -2.13. The first-order chi connectivity index (χ1) is 6.50. The number of hydrogen-bond donors (Lipinski definition) is 2. The summed E-state index contributed by atoms with van der Waals surface area (Å²) >= 11 is 0. The molecule has 4 N–H and O–H groups in total. The molecule has 0 aromatic heterocycles. The van der Waals surface area contributed by atoms with Crippen LogP contribution in [0.1, 0.15) is 29.2 Å². The molecule has 0 aliphatic heterocycles. The molecule has 3 heteroatoms. The molecule has 0 radical (unpaired) electrons. The smallest absolute Gasteiger partial charge is 0.219 e. The van der Waals surface area contributed by atoms with E-state index < -0.39 is 0 Å². The minimum atomic E-state index is -0.363. The summed E-state index contributed by atoms with van der Waals surface area (Å²) in [6, 6.07) is 5.75. The molecule has 0 saturated heterocycles. The van der Waals surface area contributed by atoms with Gasteiger partial charge in [-0.2, -0.15) is 0 Å². The second-order valence-electron chi connectivity index (χ2n) is 3.64. The largest absolute Gasteiger partial charge is 0.370 e. The van der Waals surface area contributed by atoms with Crippen molar-refractivity contribution >= 4 is 5.91 Å². The summed E-state index contributed by atoms with van der Waals surface area (Å²) in [4.78, 5) is 10.7. The van der Waals surface area contributed by atoms with Crippen LogP contribution in [0, 0.1) is 13.8 Å². The van der Waals surface area contributed by atoms with Crippen molar-refractivity contribution in [3.63, 3.8) is 0 Å². The summed E-state index contributed by atoms with van der Waals surface area (Å²) in [5.41, 5.74) is 14.2. The van der Waals surface area contributed by atoms with Gasteiger partial charge in [0.25, 0.3) is 0 Å². The highest BCUT2D eigenvalue weighted by Crippen LogP contribution is 2.19. The van der Waals surface area contributed by atoms with Crippen LogP contribution in [-0.2, 0) is 4.79 Å². The standard InChI is InChI=1S/C11H16N2O/c1-7-3-4-8(2)9(5-7)10(12)6-11(13)14/h3-5,10H,6,12H2,1-2H3,(H2,13,14)/t10-/m0/s1. The molecule has 1 aromatic rings. The minimum absolute atomic E-state index is 0.199. The third-order valence-electron chi connectivity index (χ3n) is 2.26. The monoisotopic (exact) mass is 192 g/mol. The van der Waals surface area contributed by atoms with Crippen LogP contribution in [0.15, 0.2) is 18.2 Å². The van der Waals surface area contributed by atoms with E-state index in [9.17, 15) is 4.79 Å². The van der Waals surface area contributed by atoms with E-state index in [2.05, 4.69) is 0 Å². The topological polar surface area (TPSA) is 69.1 Å². The highest BCUT2D eigenvalue weighted by atomic mass is 16.1. The van der Waals surface area contributed by atoms with Crippen molar-refractivity contribution in [3.05, 3.63) is 34.9 Å². The van der Waals surface area contributed by atoms with Crippen molar-refractivity contribution in [2.45, 2.75) is 26.3 Å². The Bertz CT molecular complexity index is 347. The van der Waals surface area contributed by atoms with Crippen LogP contribution >= 0.6 is 0 Å². The van der Waals surface area contributed by atoms with Gasteiger partial charge in [0.2, 0.25) is 5.91 Å². The second-order valence-corrected chi connectivity index (χ2v) is 3.64. The first-order valence-corrected chi connectivity index (χ1v) is 4.61. The lowest BCUT2D eigenvalue weighted by Crippen LogP contribution is -2.21. The van der Waals surface area contributed by atoms with E-state index in [0.29, 0.717) is 0 Å². The van der Waals surface area contributed by atoms with Crippen LogP contribution in [0.4, 0.5) is 0 Å². The molecule has 1 amide bonds. The van der Waals surface area contributed by atoms with Gasteiger partial charge in [0.1, 0.15) is 0 Å². The zero-order valence-corrected chi connectivity index (χ0v) is 8.58. The number of rotatable bonds is 3. The van der Waals surface area contributed by atoms with Gasteiger partial charge in [-0.1, -0.05) is 23.8 Å². The lowest BCUT2D eigenvalue weighted by atomic mass is 9.97. The maximum Gasteiger partial charge on any atom is 0.219 e. The Morgan fingerprint density at radius 2 is 2.07 bits per heavy atom. The van der Waals surface area contributed by atoms with Crippen LogP contribution in [0.25, 0.3) is 0 Å². The molecule has 0 heterocycles. The van der Waals surface area contributed by atoms with E-state index in [1.165, 1.54) is 0 Å². The molecular formula is C11H16N2O. The average Bonchev–Trinajstić information content (AvgIpc) is 2.08. The third-order valence-corrected chi connectivity index (χ3v) is 2.26. The maximum atomic E-state index is 10.7. The van der Waals surface area contributed by atoms with Crippen molar-refractivity contribution in [2.24, 2.45) is 11.5 Å². The van der Waals surface area contributed by atoms with E-state index in [-0.39, 0.29) is 18.4 Å². The van der Waals surface area contributed by atoms with Gasteiger partial charge in [0, 0.05) is 12.5 Å². The van der Waals surface area contributed by atoms with Crippen molar-refractivity contribution in [2.75, 3.05) is 0 Å². The molecule has 0 bridgehead atoms. The number of benzene rings is 1. The van der Waals surface area contributed by atoms with Gasteiger partial charge in [-0.05, 0) is 25.0 Å². The minimum Gasteiger partial charge on any atom is -0.370 e. The van der Waals surface area contributed by atoms with Gasteiger partial charge in [0.05, 0.1) is 0 Å². The molecule has 1 atom stereocenters. The lowest BCUT2D eigenvalue weighted by molar-refractivity contribution is -0.118. The van der Waals surface area contributed by atoms with E-state index >= 15 is 0 Å². The third kappa shape index (κ3) is 2.57. The van der Waals surface area contributed by atoms with Gasteiger partial charge in [-0.25, -0.2) is 0 Å². The Kier molecular flexibility index (Phi) is 3.25. The van der Waals surface area contributed by atoms with Crippen molar-refractivity contribution in [3.8, 4) is 0 Å². The number of amides is 1. The quantitative estimate of drug-likeness (QED) is 0.755. The molecule has 1 rings (SSSR count). The second kappa shape index (κ2) is 4.24. The maximum absolute atomic E-state index is 10.7. The van der Waals surface area contributed by atoms with E-state index in [0.717, 1.165) is 16.7 Å². The zero-order chi connectivity index (χ0) is 10.7. The highest BCUT2D eigenvalue weighted by Gasteiger charge is 2.11.